The summed E-state index contributed by atoms with van der Waals surface area (Å²) in [5, 5.41) is 10.1. The molecule has 2 N–H and O–H groups in total. The van der Waals surface area contributed by atoms with E-state index >= 15 is 0 Å². The van der Waals surface area contributed by atoms with E-state index in [1.54, 1.807) is 6.92 Å². The van der Waals surface area contributed by atoms with Gasteiger partial charge >= 0.3 is 0 Å². The van der Waals surface area contributed by atoms with Gasteiger partial charge in [0.15, 0.2) is 11.5 Å². The maximum Gasteiger partial charge on any atom is 0.279 e. The summed E-state index contributed by atoms with van der Waals surface area (Å²) in [6, 6.07) is 11.5. The van der Waals surface area contributed by atoms with Gasteiger partial charge in [-0.15, -0.1) is 0 Å². The first-order valence-corrected chi connectivity index (χ1v) is 9.57. The quantitative estimate of drug-likeness (QED) is 0.684. The normalized spacial score (nSPS) is 15.0. The Bertz CT molecular complexity index is 907. The van der Waals surface area contributed by atoms with Crippen molar-refractivity contribution in [2.75, 3.05) is 5.32 Å². The molecule has 1 aromatic carbocycles. The van der Waals surface area contributed by atoms with Crippen LogP contribution in [0.4, 0.5) is 5.82 Å². The predicted molar refractivity (Wildman–Crippen MR) is 103 cm³/mol. The van der Waals surface area contributed by atoms with Crippen LogP contribution in [0.5, 0.6) is 0 Å². The molecule has 0 spiro atoms. The van der Waals surface area contributed by atoms with Crippen molar-refractivity contribution in [3.8, 4) is 11.5 Å². The molecular weight excluding hydrogens is 340 g/mol. The summed E-state index contributed by atoms with van der Waals surface area (Å²) in [6.45, 7) is 1.74. The first-order chi connectivity index (χ1) is 13.2. The van der Waals surface area contributed by atoms with Gasteiger partial charge in [0.2, 0.25) is 5.89 Å². The van der Waals surface area contributed by atoms with E-state index in [-0.39, 0.29) is 11.6 Å². The van der Waals surface area contributed by atoms with Crippen molar-refractivity contribution in [2.45, 2.75) is 45.4 Å². The van der Waals surface area contributed by atoms with Crippen molar-refractivity contribution >= 4 is 11.7 Å². The van der Waals surface area contributed by atoms with Crippen LogP contribution in [0, 0.1) is 12.8 Å². The zero-order valence-corrected chi connectivity index (χ0v) is 15.5. The SMILES string of the molecule is Cc1oc(-c2ccccc2)nc1C(=O)Nc1cc(CC2CCCCC2)[nH]n1. The Balaban J connectivity index is 1.43. The molecule has 27 heavy (non-hydrogen) atoms. The Morgan fingerprint density at radius 2 is 2.00 bits per heavy atom. The summed E-state index contributed by atoms with van der Waals surface area (Å²) < 4.78 is 5.67. The van der Waals surface area contributed by atoms with Crippen LogP contribution in [0.3, 0.4) is 0 Å². The highest BCUT2D eigenvalue weighted by Crippen LogP contribution is 2.27. The number of nitrogens with zero attached hydrogens (tertiary/aromatic N) is 2. The first-order valence-electron chi connectivity index (χ1n) is 9.57. The van der Waals surface area contributed by atoms with Crippen molar-refractivity contribution < 1.29 is 9.21 Å². The fraction of sp³-hybridized carbons (Fsp3) is 0.381. The molecule has 1 saturated carbocycles. The number of benzene rings is 1. The van der Waals surface area contributed by atoms with E-state index < -0.39 is 0 Å². The Morgan fingerprint density at radius 3 is 2.78 bits per heavy atom. The molecule has 1 aliphatic carbocycles. The number of carbonyl (C=O) groups is 1. The van der Waals surface area contributed by atoms with Crippen LogP contribution in [0.25, 0.3) is 11.5 Å². The summed E-state index contributed by atoms with van der Waals surface area (Å²) in [7, 11) is 0. The second kappa shape index (κ2) is 7.78. The highest BCUT2D eigenvalue weighted by atomic mass is 16.4. The highest BCUT2D eigenvalue weighted by molar-refractivity contribution is 6.03. The van der Waals surface area contributed by atoms with Gasteiger partial charge < -0.3 is 9.73 Å². The second-order valence-corrected chi connectivity index (χ2v) is 7.23. The summed E-state index contributed by atoms with van der Waals surface area (Å²) >= 11 is 0. The standard InChI is InChI=1S/C21H24N4O2/c1-14-19(23-21(27-14)16-10-6-3-7-11-16)20(26)22-18-13-17(24-25-18)12-15-8-4-2-5-9-15/h3,6-7,10-11,13,15H,2,4-5,8-9,12H2,1H3,(H2,22,24,25,26). The molecule has 140 valence electrons. The molecule has 6 nitrogen and oxygen atoms in total. The van der Waals surface area contributed by atoms with Gasteiger partial charge in [0.1, 0.15) is 5.76 Å². The Morgan fingerprint density at radius 1 is 1.22 bits per heavy atom. The van der Waals surface area contributed by atoms with Gasteiger partial charge in [-0.25, -0.2) is 4.98 Å². The molecule has 0 radical (unpaired) electrons. The number of carbonyl (C=O) groups excluding carboxylic acids is 1. The minimum atomic E-state index is -0.311. The molecule has 2 aromatic heterocycles. The van der Waals surface area contributed by atoms with E-state index in [0.29, 0.717) is 23.4 Å². The van der Waals surface area contributed by atoms with Gasteiger partial charge in [-0.3, -0.25) is 9.89 Å². The number of aromatic amines is 1. The largest absolute Gasteiger partial charge is 0.441 e. The van der Waals surface area contributed by atoms with Crippen LogP contribution in [-0.2, 0) is 6.42 Å². The highest BCUT2D eigenvalue weighted by Gasteiger charge is 2.20. The van der Waals surface area contributed by atoms with E-state index in [2.05, 4.69) is 20.5 Å². The van der Waals surface area contributed by atoms with E-state index in [1.165, 1.54) is 32.1 Å². The minimum absolute atomic E-state index is 0.283. The van der Waals surface area contributed by atoms with Crippen LogP contribution in [-0.4, -0.2) is 21.1 Å². The fourth-order valence-electron chi connectivity index (χ4n) is 3.72. The van der Waals surface area contributed by atoms with Crippen molar-refractivity contribution in [1.82, 2.24) is 15.2 Å². The van der Waals surface area contributed by atoms with Crippen LogP contribution in [0.15, 0.2) is 40.8 Å². The van der Waals surface area contributed by atoms with Crippen LogP contribution < -0.4 is 5.32 Å². The number of nitrogens with one attached hydrogen (secondary N) is 2. The van der Waals surface area contributed by atoms with Crippen molar-refractivity contribution in [3.63, 3.8) is 0 Å². The number of hydrogen-bond donors (Lipinski definition) is 2. The summed E-state index contributed by atoms with van der Waals surface area (Å²) in [5.74, 6) is 1.86. The number of aromatic nitrogens is 3. The number of amides is 1. The summed E-state index contributed by atoms with van der Waals surface area (Å²) in [4.78, 5) is 17.0. The number of rotatable bonds is 5. The number of H-pyrrole nitrogens is 1. The lowest BCUT2D eigenvalue weighted by Gasteiger charge is -2.20. The molecule has 1 fully saturated rings. The summed E-state index contributed by atoms with van der Waals surface area (Å²) in [6.07, 6.45) is 7.53. The molecule has 0 saturated heterocycles. The van der Waals surface area contributed by atoms with Gasteiger partial charge in [-0.05, 0) is 31.4 Å². The maximum absolute atomic E-state index is 12.6. The second-order valence-electron chi connectivity index (χ2n) is 7.23. The zero-order chi connectivity index (χ0) is 18.6. The number of oxazole rings is 1. The monoisotopic (exact) mass is 364 g/mol. The predicted octanol–water partition coefficient (Wildman–Crippen LogP) is 4.75. The average Bonchev–Trinajstić information content (AvgIpc) is 3.29. The molecule has 0 unspecified atom stereocenters. The van der Waals surface area contributed by atoms with Crippen LogP contribution in [0.2, 0.25) is 0 Å². The van der Waals surface area contributed by atoms with Crippen molar-refractivity contribution in [3.05, 3.63) is 53.5 Å². The number of aryl methyl sites for hydroxylation is 1. The van der Waals surface area contributed by atoms with Gasteiger partial charge in [0, 0.05) is 17.3 Å². The Labute approximate surface area is 158 Å². The zero-order valence-electron chi connectivity index (χ0n) is 15.5. The third-order valence-electron chi connectivity index (χ3n) is 5.14. The number of hydrogen-bond acceptors (Lipinski definition) is 4. The van der Waals surface area contributed by atoms with Gasteiger partial charge in [-0.2, -0.15) is 5.10 Å². The van der Waals surface area contributed by atoms with Crippen LogP contribution in [0.1, 0.15) is 54.0 Å². The number of anilines is 1. The first kappa shape index (κ1) is 17.5. The van der Waals surface area contributed by atoms with Gasteiger partial charge in [0.25, 0.3) is 5.91 Å². The summed E-state index contributed by atoms with van der Waals surface area (Å²) in [5.41, 5.74) is 2.19. The van der Waals surface area contributed by atoms with E-state index in [0.717, 1.165) is 17.7 Å². The van der Waals surface area contributed by atoms with Crippen molar-refractivity contribution in [1.29, 1.82) is 0 Å². The molecule has 0 bridgehead atoms. The Kier molecular flexibility index (Phi) is 5.05. The third-order valence-corrected chi connectivity index (χ3v) is 5.14. The molecule has 0 aliphatic heterocycles. The topological polar surface area (TPSA) is 83.8 Å². The average molecular weight is 364 g/mol. The van der Waals surface area contributed by atoms with Crippen molar-refractivity contribution in [2.24, 2.45) is 5.92 Å². The van der Waals surface area contributed by atoms with Crippen LogP contribution >= 0.6 is 0 Å². The molecule has 0 atom stereocenters. The lowest BCUT2D eigenvalue weighted by atomic mass is 9.86. The molecular formula is C21H24N4O2. The van der Waals surface area contributed by atoms with Gasteiger partial charge in [0.05, 0.1) is 0 Å². The Hall–Kier alpha value is -2.89. The van der Waals surface area contributed by atoms with Gasteiger partial charge in [-0.1, -0.05) is 50.3 Å². The third kappa shape index (κ3) is 4.10. The lowest BCUT2D eigenvalue weighted by molar-refractivity contribution is 0.102. The molecule has 4 rings (SSSR count). The lowest BCUT2D eigenvalue weighted by Crippen LogP contribution is -2.13. The van der Waals surface area contributed by atoms with E-state index in [1.807, 2.05) is 36.4 Å². The molecule has 2 heterocycles. The van der Waals surface area contributed by atoms with E-state index in [4.69, 9.17) is 4.42 Å². The fourth-order valence-corrected chi connectivity index (χ4v) is 3.72. The van der Waals surface area contributed by atoms with E-state index in [9.17, 15) is 4.79 Å². The minimum Gasteiger partial charge on any atom is -0.441 e. The molecule has 1 aliphatic rings. The maximum atomic E-state index is 12.6. The smallest absolute Gasteiger partial charge is 0.279 e. The molecule has 1 amide bonds. The molecule has 3 aromatic rings. The molecule has 6 heteroatoms.